The number of hydrogen-bond acceptors (Lipinski definition) is 7. The molecule has 8 nitrogen and oxygen atoms in total. The molecule has 1 aliphatic rings. The van der Waals surface area contributed by atoms with Crippen LogP contribution in [-0.4, -0.2) is 50.5 Å². The predicted octanol–water partition coefficient (Wildman–Crippen LogP) is 3.04. The molecule has 4 rings (SSSR count). The first kappa shape index (κ1) is 20.8. The fourth-order valence-electron chi connectivity index (χ4n) is 3.19. The summed E-state index contributed by atoms with van der Waals surface area (Å²) in [6.45, 7) is -2.61. The number of nitrogen functional groups attached to an aromatic ring is 1. The number of imide groups is 1. The molecule has 2 amide bonds. The van der Waals surface area contributed by atoms with Gasteiger partial charge in [-0.3, -0.25) is 14.5 Å². The van der Waals surface area contributed by atoms with E-state index in [0.29, 0.717) is 39.8 Å². The van der Waals surface area contributed by atoms with Crippen molar-refractivity contribution in [2.24, 2.45) is 0 Å². The minimum atomic E-state index is -2.90. The van der Waals surface area contributed by atoms with Crippen molar-refractivity contribution in [3.05, 3.63) is 59.7 Å². The zero-order chi connectivity index (χ0) is 22.0. The lowest BCUT2D eigenvalue weighted by Gasteiger charge is -2.13. The van der Waals surface area contributed by atoms with Crippen LogP contribution in [0.3, 0.4) is 0 Å². The minimum Gasteiger partial charge on any atom is -0.435 e. The summed E-state index contributed by atoms with van der Waals surface area (Å²) in [5.41, 5.74) is 1.45. The SMILES string of the molecule is Nn1c(SCCCN2C(=O)c3ccccc3C2=O)nnc1-c1ccc(OC(F)F)cc1. The highest BCUT2D eigenvalue weighted by Crippen LogP contribution is 2.26. The van der Waals surface area contributed by atoms with E-state index < -0.39 is 6.61 Å². The molecule has 160 valence electrons. The van der Waals surface area contributed by atoms with Crippen LogP contribution in [0.2, 0.25) is 0 Å². The summed E-state index contributed by atoms with van der Waals surface area (Å²) in [4.78, 5) is 26.0. The van der Waals surface area contributed by atoms with Crippen LogP contribution in [0.5, 0.6) is 5.75 Å². The number of thioether (sulfide) groups is 1. The Bertz CT molecular complexity index is 1090. The lowest BCUT2D eigenvalue weighted by Crippen LogP contribution is -2.31. The van der Waals surface area contributed by atoms with E-state index in [2.05, 4.69) is 14.9 Å². The molecule has 0 fully saturated rings. The highest BCUT2D eigenvalue weighted by molar-refractivity contribution is 7.99. The second-order valence-corrected chi connectivity index (χ2v) is 7.65. The van der Waals surface area contributed by atoms with Gasteiger partial charge in [0.15, 0.2) is 5.82 Å². The first-order chi connectivity index (χ1) is 15.0. The second-order valence-electron chi connectivity index (χ2n) is 6.59. The molecule has 11 heteroatoms. The number of amides is 2. The van der Waals surface area contributed by atoms with E-state index in [0.717, 1.165) is 0 Å². The normalized spacial score (nSPS) is 13.2. The molecule has 0 radical (unpaired) electrons. The first-order valence-corrected chi connectivity index (χ1v) is 10.3. The van der Waals surface area contributed by atoms with Crippen molar-refractivity contribution in [3.8, 4) is 17.1 Å². The van der Waals surface area contributed by atoms with Crippen LogP contribution < -0.4 is 10.6 Å². The van der Waals surface area contributed by atoms with Gasteiger partial charge in [-0.1, -0.05) is 23.9 Å². The van der Waals surface area contributed by atoms with E-state index >= 15 is 0 Å². The number of rotatable bonds is 8. The Morgan fingerprint density at radius 2 is 1.65 bits per heavy atom. The number of benzene rings is 2. The Kier molecular flexibility index (Phi) is 5.85. The fourth-order valence-corrected chi connectivity index (χ4v) is 3.97. The molecule has 2 heterocycles. The van der Waals surface area contributed by atoms with E-state index in [-0.39, 0.29) is 24.1 Å². The van der Waals surface area contributed by atoms with Crippen molar-refractivity contribution in [2.75, 3.05) is 18.1 Å². The molecule has 1 aromatic heterocycles. The van der Waals surface area contributed by atoms with Gasteiger partial charge in [-0.05, 0) is 42.8 Å². The molecule has 0 bridgehead atoms. The van der Waals surface area contributed by atoms with Crippen LogP contribution in [-0.2, 0) is 0 Å². The summed E-state index contributed by atoms with van der Waals surface area (Å²) in [7, 11) is 0. The lowest BCUT2D eigenvalue weighted by atomic mass is 10.1. The molecule has 3 aromatic rings. The number of halogens is 2. The average Bonchev–Trinajstić information content (AvgIpc) is 3.24. The standard InChI is InChI=1S/C20H17F2N5O3S/c21-19(22)30-13-8-6-12(7-9-13)16-24-25-20(27(16)23)31-11-3-10-26-17(28)14-4-1-2-5-15(14)18(26)29/h1-2,4-9,19H,3,10-11,23H2. The Morgan fingerprint density at radius 3 is 2.26 bits per heavy atom. The summed E-state index contributed by atoms with van der Waals surface area (Å²) in [6, 6.07) is 12.7. The summed E-state index contributed by atoms with van der Waals surface area (Å²) in [6.07, 6.45) is 0.554. The van der Waals surface area contributed by atoms with E-state index in [1.165, 1.54) is 33.5 Å². The largest absolute Gasteiger partial charge is 0.435 e. The van der Waals surface area contributed by atoms with Crippen molar-refractivity contribution >= 4 is 23.6 Å². The number of nitrogens with zero attached hydrogens (tertiary/aromatic N) is 4. The smallest absolute Gasteiger partial charge is 0.387 e. The number of hydrogen-bond donors (Lipinski definition) is 1. The molecule has 2 N–H and O–H groups in total. The molecule has 0 saturated heterocycles. The highest BCUT2D eigenvalue weighted by atomic mass is 32.2. The van der Waals surface area contributed by atoms with Crippen LogP contribution >= 0.6 is 11.8 Å². The van der Waals surface area contributed by atoms with Crippen molar-refractivity contribution in [3.63, 3.8) is 0 Å². The maximum absolute atomic E-state index is 12.4. The number of carbonyl (C=O) groups is 2. The second kappa shape index (κ2) is 8.72. The van der Waals surface area contributed by atoms with Gasteiger partial charge in [-0.15, -0.1) is 10.2 Å². The Labute approximate surface area is 180 Å². The van der Waals surface area contributed by atoms with Crippen LogP contribution in [0.15, 0.2) is 53.7 Å². The Balaban J connectivity index is 1.33. The fraction of sp³-hybridized carbons (Fsp3) is 0.200. The third-order valence-electron chi connectivity index (χ3n) is 4.64. The van der Waals surface area contributed by atoms with Crippen molar-refractivity contribution in [1.82, 2.24) is 19.8 Å². The lowest BCUT2D eigenvalue weighted by molar-refractivity contribution is -0.0498. The number of ether oxygens (including phenoxy) is 1. The molecular weight excluding hydrogens is 428 g/mol. The molecule has 0 atom stereocenters. The quantitative estimate of drug-likeness (QED) is 0.246. The van der Waals surface area contributed by atoms with Crippen molar-refractivity contribution < 1.29 is 23.1 Å². The number of aromatic nitrogens is 3. The minimum absolute atomic E-state index is 0.0320. The van der Waals surface area contributed by atoms with Crippen molar-refractivity contribution in [2.45, 2.75) is 18.2 Å². The first-order valence-electron chi connectivity index (χ1n) is 9.29. The third-order valence-corrected chi connectivity index (χ3v) is 5.67. The Hall–Kier alpha value is -3.47. The van der Waals surface area contributed by atoms with Gasteiger partial charge in [-0.2, -0.15) is 8.78 Å². The van der Waals surface area contributed by atoms with Crippen LogP contribution in [0.25, 0.3) is 11.4 Å². The van der Waals surface area contributed by atoms with Gasteiger partial charge in [0.2, 0.25) is 5.16 Å². The molecule has 1 aliphatic heterocycles. The summed E-state index contributed by atoms with van der Waals surface area (Å²) >= 11 is 1.34. The van der Waals surface area contributed by atoms with Crippen LogP contribution in [0, 0.1) is 0 Å². The molecule has 0 saturated carbocycles. The Morgan fingerprint density at radius 1 is 1.00 bits per heavy atom. The topological polar surface area (TPSA) is 103 Å². The van der Waals surface area contributed by atoms with E-state index in [1.54, 1.807) is 36.4 Å². The molecular formula is C20H17F2N5O3S. The van der Waals surface area contributed by atoms with Gasteiger partial charge in [0.25, 0.3) is 11.8 Å². The summed E-state index contributed by atoms with van der Waals surface area (Å²) < 4.78 is 30.1. The highest BCUT2D eigenvalue weighted by Gasteiger charge is 2.34. The number of carbonyl (C=O) groups excluding carboxylic acids is 2. The van der Waals surface area contributed by atoms with Gasteiger partial charge in [0, 0.05) is 17.9 Å². The molecule has 0 spiro atoms. The number of alkyl halides is 2. The van der Waals surface area contributed by atoms with Gasteiger partial charge in [0.1, 0.15) is 5.75 Å². The number of fused-ring (bicyclic) bond motifs is 1. The third kappa shape index (κ3) is 4.22. The summed E-state index contributed by atoms with van der Waals surface area (Å²) in [5.74, 6) is 6.45. The zero-order valence-electron chi connectivity index (χ0n) is 16.1. The van der Waals surface area contributed by atoms with Crippen LogP contribution in [0.4, 0.5) is 8.78 Å². The van der Waals surface area contributed by atoms with Gasteiger partial charge in [0.05, 0.1) is 11.1 Å². The molecule has 0 aliphatic carbocycles. The van der Waals surface area contributed by atoms with Gasteiger partial charge < -0.3 is 10.6 Å². The maximum atomic E-state index is 12.4. The van der Waals surface area contributed by atoms with E-state index in [1.807, 2.05) is 0 Å². The zero-order valence-corrected chi connectivity index (χ0v) is 16.9. The maximum Gasteiger partial charge on any atom is 0.387 e. The molecule has 0 unspecified atom stereocenters. The summed E-state index contributed by atoms with van der Waals surface area (Å²) in [5, 5.41) is 8.54. The van der Waals surface area contributed by atoms with E-state index in [4.69, 9.17) is 5.84 Å². The van der Waals surface area contributed by atoms with Gasteiger partial charge in [-0.25, -0.2) is 4.68 Å². The predicted molar refractivity (Wildman–Crippen MR) is 109 cm³/mol. The van der Waals surface area contributed by atoms with Gasteiger partial charge >= 0.3 is 6.61 Å². The monoisotopic (exact) mass is 445 g/mol. The number of nitrogens with two attached hydrogens (primary N) is 1. The molecule has 2 aromatic carbocycles. The van der Waals surface area contributed by atoms with Crippen molar-refractivity contribution in [1.29, 1.82) is 0 Å². The molecule has 31 heavy (non-hydrogen) atoms. The van der Waals surface area contributed by atoms with E-state index in [9.17, 15) is 18.4 Å². The van der Waals surface area contributed by atoms with Crippen LogP contribution in [0.1, 0.15) is 27.1 Å². The average molecular weight is 445 g/mol.